The maximum Gasteiger partial charge on any atom is 0.289 e. The molecule has 0 saturated carbocycles. The summed E-state index contributed by atoms with van der Waals surface area (Å²) in [7, 11) is 0. The van der Waals surface area contributed by atoms with Gasteiger partial charge >= 0.3 is 0 Å². The first-order chi connectivity index (χ1) is 10.2. The van der Waals surface area contributed by atoms with Gasteiger partial charge in [-0.15, -0.1) is 12.4 Å². The minimum atomic E-state index is -0.0563. The average molecular weight is 390 g/mol. The van der Waals surface area contributed by atoms with Gasteiger partial charge in [-0.3, -0.25) is 4.79 Å². The summed E-state index contributed by atoms with van der Waals surface area (Å²) in [5.41, 5.74) is 0. The van der Waals surface area contributed by atoms with Crippen molar-refractivity contribution in [3.63, 3.8) is 0 Å². The first kappa shape index (κ1) is 16.9. The Labute approximate surface area is 143 Å². The van der Waals surface area contributed by atoms with Crippen LogP contribution in [-0.4, -0.2) is 46.5 Å². The molecule has 3 heterocycles. The highest BCUT2D eigenvalue weighted by molar-refractivity contribution is 9.10. The first-order valence-corrected chi connectivity index (χ1v) is 7.79. The molecule has 1 aliphatic rings. The predicted octanol–water partition coefficient (Wildman–Crippen LogP) is 2.64. The standard InChI is InChI=1S/C14H17BrN4O2.ClH/c1-2-17-6-5-16-14(17)19-9-7-18(8-10-19)13(20)11-3-4-12(15)21-11;/h3-6H,2,7-10H2,1H3;1H. The van der Waals surface area contributed by atoms with Gasteiger partial charge in [-0.05, 0) is 35.0 Å². The number of carbonyl (C=O) groups is 1. The van der Waals surface area contributed by atoms with Gasteiger partial charge in [0.25, 0.3) is 5.91 Å². The molecule has 8 heteroatoms. The molecule has 1 amide bonds. The SMILES string of the molecule is CCn1ccnc1N1CCN(C(=O)c2ccc(Br)o2)CC1.Cl. The minimum Gasteiger partial charge on any atom is -0.444 e. The van der Waals surface area contributed by atoms with Crippen LogP contribution in [0.4, 0.5) is 5.95 Å². The molecule has 6 nitrogen and oxygen atoms in total. The minimum absolute atomic E-state index is 0. The van der Waals surface area contributed by atoms with Crippen molar-refractivity contribution in [1.29, 1.82) is 0 Å². The number of hydrogen-bond donors (Lipinski definition) is 0. The van der Waals surface area contributed by atoms with Crippen LogP contribution in [0.1, 0.15) is 17.5 Å². The van der Waals surface area contributed by atoms with E-state index in [2.05, 4.69) is 37.3 Å². The van der Waals surface area contributed by atoms with Crippen LogP contribution < -0.4 is 4.90 Å². The zero-order valence-corrected chi connectivity index (χ0v) is 14.6. The van der Waals surface area contributed by atoms with Crippen LogP contribution in [0.5, 0.6) is 0 Å². The molecular formula is C14H18BrClN4O2. The maximum atomic E-state index is 12.3. The molecule has 1 aliphatic heterocycles. The Morgan fingerprint density at radius 3 is 2.64 bits per heavy atom. The highest BCUT2D eigenvalue weighted by Gasteiger charge is 2.25. The summed E-state index contributed by atoms with van der Waals surface area (Å²) in [6.45, 7) is 5.91. The highest BCUT2D eigenvalue weighted by atomic mass is 79.9. The van der Waals surface area contributed by atoms with Crippen molar-refractivity contribution in [2.75, 3.05) is 31.1 Å². The van der Waals surface area contributed by atoms with E-state index in [1.807, 2.05) is 17.3 Å². The Bertz CT molecular complexity index is 634. The van der Waals surface area contributed by atoms with E-state index in [4.69, 9.17) is 4.42 Å². The molecule has 0 aliphatic carbocycles. The van der Waals surface area contributed by atoms with Crippen LogP contribution in [0.3, 0.4) is 0 Å². The molecule has 1 fully saturated rings. The number of aromatic nitrogens is 2. The number of aryl methyl sites for hydroxylation is 1. The molecule has 0 bridgehead atoms. The fourth-order valence-corrected chi connectivity index (χ4v) is 2.83. The Morgan fingerprint density at radius 2 is 2.05 bits per heavy atom. The van der Waals surface area contributed by atoms with Gasteiger partial charge in [0.1, 0.15) is 0 Å². The zero-order valence-electron chi connectivity index (χ0n) is 12.2. The summed E-state index contributed by atoms with van der Waals surface area (Å²) < 4.78 is 8.02. The van der Waals surface area contributed by atoms with Crippen LogP contribution in [-0.2, 0) is 6.54 Å². The van der Waals surface area contributed by atoms with Crippen molar-refractivity contribution in [1.82, 2.24) is 14.5 Å². The summed E-state index contributed by atoms with van der Waals surface area (Å²) in [4.78, 5) is 20.7. The summed E-state index contributed by atoms with van der Waals surface area (Å²) in [5.74, 6) is 1.30. The third kappa shape index (κ3) is 3.30. The van der Waals surface area contributed by atoms with Gasteiger partial charge in [-0.1, -0.05) is 0 Å². The molecule has 2 aromatic heterocycles. The number of rotatable bonds is 3. The lowest BCUT2D eigenvalue weighted by atomic mass is 10.3. The van der Waals surface area contributed by atoms with Crippen molar-refractivity contribution < 1.29 is 9.21 Å². The lowest BCUT2D eigenvalue weighted by Gasteiger charge is -2.35. The summed E-state index contributed by atoms with van der Waals surface area (Å²) in [6.07, 6.45) is 3.80. The molecule has 3 rings (SSSR count). The number of nitrogens with zero attached hydrogens (tertiary/aromatic N) is 4. The molecular weight excluding hydrogens is 372 g/mol. The molecule has 0 spiro atoms. The Kier molecular flexibility index (Phi) is 5.52. The quantitative estimate of drug-likeness (QED) is 0.810. The van der Waals surface area contributed by atoms with E-state index in [0.717, 1.165) is 25.6 Å². The second-order valence-electron chi connectivity index (χ2n) is 4.90. The van der Waals surface area contributed by atoms with Gasteiger partial charge in [0, 0.05) is 45.1 Å². The van der Waals surface area contributed by atoms with Crippen molar-refractivity contribution in [2.24, 2.45) is 0 Å². The summed E-state index contributed by atoms with van der Waals surface area (Å²) in [5, 5.41) is 0. The van der Waals surface area contributed by atoms with Crippen molar-refractivity contribution >= 4 is 40.2 Å². The van der Waals surface area contributed by atoms with Gasteiger partial charge in [0.2, 0.25) is 5.95 Å². The van der Waals surface area contributed by atoms with E-state index in [0.29, 0.717) is 23.5 Å². The topological polar surface area (TPSA) is 54.5 Å². The van der Waals surface area contributed by atoms with Crippen LogP contribution in [0, 0.1) is 0 Å². The second kappa shape index (κ2) is 7.19. The second-order valence-corrected chi connectivity index (χ2v) is 5.68. The van der Waals surface area contributed by atoms with Gasteiger partial charge in [-0.25, -0.2) is 4.98 Å². The molecule has 22 heavy (non-hydrogen) atoms. The lowest BCUT2D eigenvalue weighted by Crippen LogP contribution is -2.49. The van der Waals surface area contributed by atoms with E-state index >= 15 is 0 Å². The molecule has 0 aromatic carbocycles. The molecule has 0 atom stereocenters. The smallest absolute Gasteiger partial charge is 0.289 e. The van der Waals surface area contributed by atoms with Crippen molar-refractivity contribution in [3.05, 3.63) is 35.0 Å². The number of amides is 1. The molecule has 0 N–H and O–H groups in total. The van der Waals surface area contributed by atoms with E-state index in [1.54, 1.807) is 12.1 Å². The number of piperazine rings is 1. The molecule has 1 saturated heterocycles. The largest absolute Gasteiger partial charge is 0.444 e. The van der Waals surface area contributed by atoms with Gasteiger partial charge in [0.05, 0.1) is 0 Å². The van der Waals surface area contributed by atoms with E-state index in [1.165, 1.54) is 0 Å². The Morgan fingerprint density at radius 1 is 1.32 bits per heavy atom. The average Bonchev–Trinajstić information content (AvgIpc) is 3.15. The lowest BCUT2D eigenvalue weighted by molar-refractivity contribution is 0.0712. The number of hydrogen-bond acceptors (Lipinski definition) is 4. The predicted molar refractivity (Wildman–Crippen MR) is 89.7 cm³/mol. The Hall–Kier alpha value is -1.47. The maximum absolute atomic E-state index is 12.3. The van der Waals surface area contributed by atoms with Crippen molar-refractivity contribution in [3.8, 4) is 0 Å². The van der Waals surface area contributed by atoms with Gasteiger partial charge < -0.3 is 18.8 Å². The number of furan rings is 1. The van der Waals surface area contributed by atoms with Gasteiger partial charge in [-0.2, -0.15) is 0 Å². The van der Waals surface area contributed by atoms with Crippen LogP contribution in [0.2, 0.25) is 0 Å². The third-order valence-electron chi connectivity index (χ3n) is 3.67. The van der Waals surface area contributed by atoms with E-state index in [9.17, 15) is 4.79 Å². The zero-order chi connectivity index (χ0) is 14.8. The molecule has 120 valence electrons. The molecule has 0 radical (unpaired) electrons. The van der Waals surface area contributed by atoms with Crippen LogP contribution in [0.25, 0.3) is 0 Å². The molecule has 2 aromatic rings. The fraction of sp³-hybridized carbons (Fsp3) is 0.429. The van der Waals surface area contributed by atoms with Crippen LogP contribution >= 0.6 is 28.3 Å². The van der Waals surface area contributed by atoms with E-state index < -0.39 is 0 Å². The van der Waals surface area contributed by atoms with Gasteiger partial charge in [0.15, 0.2) is 10.4 Å². The number of halogens is 2. The summed E-state index contributed by atoms with van der Waals surface area (Å²) in [6, 6.07) is 3.43. The third-order valence-corrected chi connectivity index (χ3v) is 4.09. The normalized spacial score (nSPS) is 14.8. The van der Waals surface area contributed by atoms with E-state index in [-0.39, 0.29) is 18.3 Å². The number of carbonyl (C=O) groups excluding carboxylic acids is 1. The Balaban J connectivity index is 0.00000176. The van der Waals surface area contributed by atoms with Crippen molar-refractivity contribution in [2.45, 2.75) is 13.5 Å². The monoisotopic (exact) mass is 388 g/mol. The number of anilines is 1. The summed E-state index contributed by atoms with van der Waals surface area (Å²) >= 11 is 3.22. The molecule has 0 unspecified atom stereocenters. The number of imidazole rings is 1. The fourth-order valence-electron chi connectivity index (χ4n) is 2.53. The van der Waals surface area contributed by atoms with Crippen LogP contribution in [0.15, 0.2) is 33.6 Å². The highest BCUT2D eigenvalue weighted by Crippen LogP contribution is 2.18. The first-order valence-electron chi connectivity index (χ1n) is 6.99.